The number of nitrogens with zero attached hydrogens (tertiary/aromatic N) is 1. The first kappa shape index (κ1) is 22.1. The quantitative estimate of drug-likeness (QED) is 0.619. The third-order valence-corrected chi connectivity index (χ3v) is 5.84. The van der Waals surface area contributed by atoms with Crippen molar-refractivity contribution in [1.29, 1.82) is 0 Å². The van der Waals surface area contributed by atoms with Crippen molar-refractivity contribution in [2.45, 2.75) is 6.61 Å². The van der Waals surface area contributed by atoms with E-state index in [9.17, 15) is 13.2 Å². The molecule has 1 radical (unpaired) electrons. The molecule has 0 aromatic heterocycles. The fourth-order valence-corrected chi connectivity index (χ4v) is 4.23. The van der Waals surface area contributed by atoms with Gasteiger partial charge in [0, 0.05) is 51.4 Å². The predicted octanol–water partition coefficient (Wildman–Crippen LogP) is 2.23. The van der Waals surface area contributed by atoms with Crippen LogP contribution in [-0.4, -0.2) is 79.4 Å². The number of amides is 1. The standard InChI is InChI=1S/C20H18N2O5S.K/c1-26-17-8-7-15-11-19(27-13-14-5-3-2-4-6-14)18(10-16(15)9-17)22-12-20(23)21-28(22,24)25;/h2-11H,12-13H2,1H3,(H,21,23);. The number of carbonyl (C=O) groups is 1. The summed E-state index contributed by atoms with van der Waals surface area (Å²) >= 11 is 0. The first-order chi connectivity index (χ1) is 13.5. The molecular formula is C20H18KN2O5S. The molecule has 1 fully saturated rings. The second kappa shape index (κ2) is 9.03. The fourth-order valence-electron chi connectivity index (χ4n) is 3.08. The zero-order chi connectivity index (χ0) is 19.7. The molecule has 0 saturated carbocycles. The Hall–Kier alpha value is -1.62. The van der Waals surface area contributed by atoms with E-state index in [4.69, 9.17) is 9.47 Å². The number of hydrogen-bond acceptors (Lipinski definition) is 5. The van der Waals surface area contributed by atoms with Crippen molar-refractivity contribution in [1.82, 2.24) is 4.72 Å². The topological polar surface area (TPSA) is 84.9 Å². The number of nitrogens with one attached hydrogen (secondary N) is 1. The summed E-state index contributed by atoms with van der Waals surface area (Å²) in [4.78, 5) is 11.7. The van der Waals surface area contributed by atoms with Gasteiger partial charge in [0.15, 0.2) is 0 Å². The third kappa shape index (κ3) is 4.76. The summed E-state index contributed by atoms with van der Waals surface area (Å²) in [6, 6.07) is 18.5. The largest absolute Gasteiger partial charge is 0.497 e. The maximum absolute atomic E-state index is 12.4. The van der Waals surface area contributed by atoms with Gasteiger partial charge in [-0.15, -0.1) is 0 Å². The molecule has 7 nitrogen and oxygen atoms in total. The molecule has 4 rings (SSSR count). The first-order valence-corrected chi connectivity index (χ1v) is 10.0. The Labute approximate surface area is 211 Å². The van der Waals surface area contributed by atoms with Crippen molar-refractivity contribution >= 4 is 84.0 Å². The molecule has 29 heavy (non-hydrogen) atoms. The molecule has 0 spiro atoms. The number of benzene rings is 3. The van der Waals surface area contributed by atoms with Gasteiger partial charge in [-0.25, -0.2) is 9.03 Å². The number of rotatable bonds is 5. The maximum atomic E-state index is 12.4. The molecule has 1 N–H and O–H groups in total. The SMILES string of the molecule is COc1ccc2cc(OCc3ccccc3)c(N3CC(=O)NS3(=O)=O)cc2c1.[K]. The van der Waals surface area contributed by atoms with Crippen molar-refractivity contribution in [2.75, 3.05) is 18.0 Å². The van der Waals surface area contributed by atoms with Crippen LogP contribution >= 0.6 is 0 Å². The Morgan fingerprint density at radius 1 is 1.03 bits per heavy atom. The average molecular weight is 438 g/mol. The van der Waals surface area contributed by atoms with Crippen LogP contribution in [0, 0.1) is 0 Å². The normalized spacial score (nSPS) is 14.9. The van der Waals surface area contributed by atoms with E-state index in [1.807, 2.05) is 47.2 Å². The van der Waals surface area contributed by atoms with Crippen molar-refractivity contribution in [3.63, 3.8) is 0 Å². The van der Waals surface area contributed by atoms with Crippen LogP contribution in [0.3, 0.4) is 0 Å². The van der Waals surface area contributed by atoms with Crippen LogP contribution in [0.15, 0.2) is 60.7 Å². The number of carbonyl (C=O) groups excluding carboxylic acids is 1. The predicted molar refractivity (Wildman–Crippen MR) is 111 cm³/mol. The molecule has 0 unspecified atom stereocenters. The number of methoxy groups -OCH3 is 1. The Balaban J connectivity index is 0.00000240. The zero-order valence-corrected chi connectivity index (χ0v) is 20.0. The fraction of sp³-hybridized carbons (Fsp3) is 0.150. The van der Waals surface area contributed by atoms with Crippen LogP contribution in [-0.2, 0) is 21.6 Å². The van der Waals surface area contributed by atoms with Gasteiger partial charge in [-0.2, -0.15) is 8.42 Å². The summed E-state index contributed by atoms with van der Waals surface area (Å²) in [5, 5.41) is 1.64. The Morgan fingerprint density at radius 3 is 2.45 bits per heavy atom. The number of hydrogen-bond donors (Lipinski definition) is 1. The van der Waals surface area contributed by atoms with Crippen molar-refractivity contribution < 1.29 is 22.7 Å². The van der Waals surface area contributed by atoms with Crippen LogP contribution in [0.4, 0.5) is 5.69 Å². The molecule has 1 amide bonds. The van der Waals surface area contributed by atoms with Gasteiger partial charge in [0.25, 0.3) is 5.91 Å². The van der Waals surface area contributed by atoms with E-state index < -0.39 is 16.1 Å². The number of ether oxygens (including phenoxy) is 2. The van der Waals surface area contributed by atoms with Gasteiger partial charge < -0.3 is 9.47 Å². The molecule has 145 valence electrons. The number of fused-ring (bicyclic) bond motifs is 1. The van der Waals surface area contributed by atoms with Crippen LogP contribution in [0.2, 0.25) is 0 Å². The summed E-state index contributed by atoms with van der Waals surface area (Å²) in [5.74, 6) is 0.441. The first-order valence-electron chi connectivity index (χ1n) is 8.58. The van der Waals surface area contributed by atoms with Gasteiger partial charge in [-0.3, -0.25) is 4.79 Å². The molecule has 1 heterocycles. The Morgan fingerprint density at radius 2 is 1.79 bits per heavy atom. The summed E-state index contributed by atoms with van der Waals surface area (Å²) in [6.07, 6.45) is 0. The Kier molecular flexibility index (Phi) is 6.87. The third-order valence-electron chi connectivity index (χ3n) is 4.45. The van der Waals surface area contributed by atoms with Crippen LogP contribution in [0.1, 0.15) is 5.56 Å². The molecular weight excluding hydrogens is 419 g/mol. The van der Waals surface area contributed by atoms with Crippen molar-refractivity contribution in [3.8, 4) is 11.5 Å². The summed E-state index contributed by atoms with van der Waals surface area (Å²) in [5.41, 5.74) is 1.25. The minimum Gasteiger partial charge on any atom is -0.497 e. The maximum Gasteiger partial charge on any atom is 0.326 e. The van der Waals surface area contributed by atoms with E-state index in [1.165, 1.54) is 0 Å². The summed E-state index contributed by atoms with van der Waals surface area (Å²) in [7, 11) is -2.39. The summed E-state index contributed by atoms with van der Waals surface area (Å²) in [6.45, 7) is -0.0235. The van der Waals surface area contributed by atoms with Crippen LogP contribution in [0.25, 0.3) is 10.8 Å². The molecule has 3 aromatic carbocycles. The van der Waals surface area contributed by atoms with E-state index in [0.29, 0.717) is 17.2 Å². The molecule has 0 bridgehead atoms. The minimum absolute atomic E-state index is 0. The van der Waals surface area contributed by atoms with Gasteiger partial charge in [-0.1, -0.05) is 36.4 Å². The monoisotopic (exact) mass is 437 g/mol. The van der Waals surface area contributed by atoms with Crippen LogP contribution < -0.4 is 18.5 Å². The molecule has 1 aliphatic heterocycles. The molecule has 0 atom stereocenters. The average Bonchev–Trinajstić information content (AvgIpc) is 2.97. The van der Waals surface area contributed by atoms with Gasteiger partial charge in [0.2, 0.25) is 0 Å². The van der Waals surface area contributed by atoms with E-state index in [0.717, 1.165) is 20.6 Å². The van der Waals surface area contributed by atoms with Gasteiger partial charge >= 0.3 is 10.2 Å². The molecule has 1 aliphatic rings. The zero-order valence-electron chi connectivity index (χ0n) is 16.1. The van der Waals surface area contributed by atoms with Gasteiger partial charge in [-0.05, 0) is 40.6 Å². The van der Waals surface area contributed by atoms with E-state index in [2.05, 4.69) is 0 Å². The minimum atomic E-state index is -3.96. The Bertz CT molecular complexity index is 1150. The van der Waals surface area contributed by atoms with Crippen molar-refractivity contribution in [3.05, 3.63) is 66.2 Å². The molecule has 0 aliphatic carbocycles. The second-order valence-corrected chi connectivity index (χ2v) is 7.94. The van der Waals surface area contributed by atoms with Crippen LogP contribution in [0.5, 0.6) is 11.5 Å². The van der Waals surface area contributed by atoms with E-state index in [1.54, 1.807) is 25.3 Å². The molecule has 1 saturated heterocycles. The van der Waals surface area contributed by atoms with E-state index >= 15 is 0 Å². The van der Waals surface area contributed by atoms with Crippen molar-refractivity contribution in [2.24, 2.45) is 0 Å². The second-order valence-electron chi connectivity index (χ2n) is 6.34. The smallest absolute Gasteiger partial charge is 0.326 e. The summed E-state index contributed by atoms with van der Waals surface area (Å²) < 4.78 is 39.0. The molecule has 3 aromatic rings. The van der Waals surface area contributed by atoms with Gasteiger partial charge in [0.05, 0.1) is 12.8 Å². The van der Waals surface area contributed by atoms with Gasteiger partial charge in [0.1, 0.15) is 24.7 Å². The number of anilines is 1. The van der Waals surface area contributed by atoms with E-state index in [-0.39, 0.29) is 64.5 Å². The molecule has 9 heteroatoms.